The number of aliphatic hydroxyl groups is 1. The van der Waals surface area contributed by atoms with Gasteiger partial charge in [0.2, 0.25) is 5.89 Å². The molecule has 0 bridgehead atoms. The van der Waals surface area contributed by atoms with Gasteiger partial charge in [-0.05, 0) is 30.2 Å². The van der Waals surface area contributed by atoms with Gasteiger partial charge in [-0.2, -0.15) is 4.98 Å². The Kier molecular flexibility index (Phi) is 5.37. The van der Waals surface area contributed by atoms with E-state index in [1.54, 1.807) is 31.2 Å². The first-order valence-corrected chi connectivity index (χ1v) is 10.1. The number of hydrogen-bond acceptors (Lipinski definition) is 8. The zero-order valence-corrected chi connectivity index (χ0v) is 17.3. The molecular weight excluding hydrogens is 430 g/mol. The Morgan fingerprint density at radius 3 is 2.80 bits per heavy atom. The Labute approximate surface area is 178 Å². The molecule has 3 N–H and O–H groups in total. The molecule has 0 aliphatic rings. The number of carbonyl (C=O) groups is 1. The van der Waals surface area contributed by atoms with Crippen LogP contribution in [0.15, 0.2) is 39.9 Å². The maximum Gasteiger partial charge on any atom is 0.262 e. The summed E-state index contributed by atoms with van der Waals surface area (Å²) in [7, 11) is 0. The van der Waals surface area contributed by atoms with E-state index in [0.29, 0.717) is 37.1 Å². The van der Waals surface area contributed by atoms with Gasteiger partial charge in [-0.15, -0.1) is 11.3 Å². The fourth-order valence-electron chi connectivity index (χ4n) is 3.07. The predicted molar refractivity (Wildman–Crippen MR) is 111 cm³/mol. The molecule has 3 aromatic heterocycles. The van der Waals surface area contributed by atoms with Crippen LogP contribution in [0.5, 0.6) is 0 Å². The third kappa shape index (κ3) is 3.84. The lowest BCUT2D eigenvalue weighted by Gasteiger charge is -2.08. The van der Waals surface area contributed by atoms with E-state index in [-0.39, 0.29) is 24.4 Å². The van der Waals surface area contributed by atoms with Crippen molar-refractivity contribution in [2.24, 2.45) is 5.73 Å². The number of amides is 1. The van der Waals surface area contributed by atoms with Crippen molar-refractivity contribution in [3.8, 4) is 0 Å². The maximum atomic E-state index is 12.8. The molecule has 0 spiro atoms. The van der Waals surface area contributed by atoms with Crippen LogP contribution in [0.4, 0.5) is 0 Å². The van der Waals surface area contributed by atoms with Crippen molar-refractivity contribution in [3.05, 3.63) is 73.7 Å². The Balaban J connectivity index is 1.55. The molecule has 1 amide bonds. The molecule has 30 heavy (non-hydrogen) atoms. The summed E-state index contributed by atoms with van der Waals surface area (Å²) in [5, 5.41) is 15.1. The van der Waals surface area contributed by atoms with Gasteiger partial charge in [0.1, 0.15) is 11.4 Å². The lowest BCUT2D eigenvalue weighted by Crippen LogP contribution is -2.21. The van der Waals surface area contributed by atoms with Gasteiger partial charge in [-0.3, -0.25) is 14.2 Å². The summed E-state index contributed by atoms with van der Waals surface area (Å²) in [5.74, 6) is -0.0981. The fraction of sp³-hybridized carbons (Fsp3) is 0.211. The molecule has 3 heterocycles. The number of thiophene rings is 1. The number of nitrogens with zero attached hydrogens (tertiary/aromatic N) is 4. The summed E-state index contributed by atoms with van der Waals surface area (Å²) in [6.07, 6.45) is 0.676. The Morgan fingerprint density at radius 1 is 1.37 bits per heavy atom. The van der Waals surface area contributed by atoms with Gasteiger partial charge >= 0.3 is 0 Å². The zero-order valence-electron chi connectivity index (χ0n) is 15.7. The number of benzene rings is 1. The second kappa shape index (κ2) is 7.98. The quantitative estimate of drug-likeness (QED) is 0.464. The molecule has 4 aromatic rings. The van der Waals surface area contributed by atoms with Crippen LogP contribution in [0.3, 0.4) is 0 Å². The number of rotatable bonds is 6. The molecule has 0 radical (unpaired) electrons. The van der Waals surface area contributed by atoms with Crippen molar-refractivity contribution < 1.29 is 14.4 Å². The second-order valence-electron chi connectivity index (χ2n) is 6.65. The van der Waals surface area contributed by atoms with E-state index in [1.807, 2.05) is 0 Å². The smallest absolute Gasteiger partial charge is 0.262 e. The molecule has 0 fully saturated rings. The standard InChI is InChI=1S/C19H16ClN5O4S/c1-9-15-18(30-16(9)17(21)27)22-8-25(19(15)28)7-14-23-13(24-29-14)6-12(26)10-2-4-11(20)5-3-10/h2-5,8,12,26H,6-7H2,1H3,(H2,21,27)/t12-/m0/s1. The van der Waals surface area contributed by atoms with Gasteiger partial charge in [-0.1, -0.05) is 28.9 Å². The lowest BCUT2D eigenvalue weighted by atomic mass is 10.1. The van der Waals surface area contributed by atoms with Crippen molar-refractivity contribution in [2.45, 2.75) is 26.0 Å². The third-order valence-corrected chi connectivity index (χ3v) is 6.05. The molecule has 4 rings (SSSR count). The summed E-state index contributed by atoms with van der Waals surface area (Å²) in [6.45, 7) is 1.67. The minimum atomic E-state index is -0.825. The monoisotopic (exact) mass is 445 g/mol. The van der Waals surface area contributed by atoms with Crippen LogP contribution in [0.1, 0.15) is 38.6 Å². The normalized spacial score (nSPS) is 12.4. The molecule has 9 nitrogen and oxygen atoms in total. The van der Waals surface area contributed by atoms with Gasteiger partial charge in [0.25, 0.3) is 11.5 Å². The number of aliphatic hydroxyl groups excluding tert-OH is 1. The highest BCUT2D eigenvalue weighted by atomic mass is 35.5. The fourth-order valence-corrected chi connectivity index (χ4v) is 4.18. The first-order valence-electron chi connectivity index (χ1n) is 8.87. The van der Waals surface area contributed by atoms with Crippen LogP contribution in [0.2, 0.25) is 5.02 Å². The summed E-state index contributed by atoms with van der Waals surface area (Å²) in [5.41, 5.74) is 6.21. The topological polar surface area (TPSA) is 137 Å². The number of carbonyl (C=O) groups excluding carboxylic acids is 1. The van der Waals surface area contributed by atoms with Crippen molar-refractivity contribution in [2.75, 3.05) is 0 Å². The van der Waals surface area contributed by atoms with Crippen molar-refractivity contribution in [1.29, 1.82) is 0 Å². The lowest BCUT2D eigenvalue weighted by molar-refractivity contribution is 0.100. The van der Waals surface area contributed by atoms with Gasteiger partial charge in [0.05, 0.1) is 22.7 Å². The van der Waals surface area contributed by atoms with Crippen LogP contribution < -0.4 is 11.3 Å². The molecular formula is C19H16ClN5O4S. The van der Waals surface area contributed by atoms with E-state index in [2.05, 4.69) is 15.1 Å². The van der Waals surface area contributed by atoms with Crippen LogP contribution >= 0.6 is 22.9 Å². The van der Waals surface area contributed by atoms with Gasteiger partial charge in [0.15, 0.2) is 5.82 Å². The molecule has 0 saturated heterocycles. The van der Waals surface area contributed by atoms with Gasteiger partial charge in [0, 0.05) is 11.4 Å². The highest BCUT2D eigenvalue weighted by Crippen LogP contribution is 2.26. The second-order valence-corrected chi connectivity index (χ2v) is 8.09. The Morgan fingerprint density at radius 2 is 2.10 bits per heavy atom. The van der Waals surface area contributed by atoms with Crippen molar-refractivity contribution in [1.82, 2.24) is 19.7 Å². The van der Waals surface area contributed by atoms with Crippen LogP contribution in [-0.4, -0.2) is 30.7 Å². The maximum absolute atomic E-state index is 12.8. The minimum Gasteiger partial charge on any atom is -0.388 e. The predicted octanol–water partition coefficient (Wildman–Crippen LogP) is 2.23. The molecule has 1 aromatic carbocycles. The van der Waals surface area contributed by atoms with E-state index >= 15 is 0 Å². The van der Waals surface area contributed by atoms with Crippen molar-refractivity contribution >= 4 is 39.1 Å². The number of fused-ring (bicyclic) bond motifs is 1. The van der Waals surface area contributed by atoms with E-state index < -0.39 is 12.0 Å². The highest BCUT2D eigenvalue weighted by molar-refractivity contribution is 7.20. The SMILES string of the molecule is Cc1c(C(N)=O)sc2ncn(Cc3nc(C[C@H](O)c4ccc(Cl)cc4)no3)c(=O)c12. The average Bonchev–Trinajstić information content (AvgIpc) is 3.29. The Hall–Kier alpha value is -3.08. The van der Waals surface area contributed by atoms with E-state index in [1.165, 1.54) is 10.9 Å². The summed E-state index contributed by atoms with van der Waals surface area (Å²) < 4.78 is 6.53. The summed E-state index contributed by atoms with van der Waals surface area (Å²) >= 11 is 6.94. The number of nitrogens with two attached hydrogens (primary N) is 1. The molecule has 154 valence electrons. The molecule has 0 aliphatic heterocycles. The highest BCUT2D eigenvalue weighted by Gasteiger charge is 2.19. The average molecular weight is 446 g/mol. The van der Waals surface area contributed by atoms with Crippen LogP contribution in [0, 0.1) is 6.92 Å². The van der Waals surface area contributed by atoms with Crippen molar-refractivity contribution in [3.63, 3.8) is 0 Å². The number of halogens is 1. The van der Waals surface area contributed by atoms with E-state index in [0.717, 1.165) is 11.3 Å². The minimum absolute atomic E-state index is 0.00695. The molecule has 1 atom stereocenters. The first-order chi connectivity index (χ1) is 14.3. The summed E-state index contributed by atoms with van der Waals surface area (Å²) in [6, 6.07) is 6.82. The summed E-state index contributed by atoms with van der Waals surface area (Å²) in [4.78, 5) is 33.6. The number of aryl methyl sites for hydroxylation is 1. The zero-order chi connectivity index (χ0) is 21.4. The Bertz CT molecular complexity index is 1290. The first kappa shape index (κ1) is 20.2. The number of aromatic nitrogens is 4. The van der Waals surface area contributed by atoms with Gasteiger partial charge < -0.3 is 15.4 Å². The van der Waals surface area contributed by atoms with Gasteiger partial charge in [-0.25, -0.2) is 4.98 Å². The largest absolute Gasteiger partial charge is 0.388 e. The number of primary amides is 1. The molecule has 0 unspecified atom stereocenters. The van der Waals surface area contributed by atoms with E-state index in [9.17, 15) is 14.7 Å². The van der Waals surface area contributed by atoms with E-state index in [4.69, 9.17) is 21.9 Å². The molecule has 11 heteroatoms. The molecule has 0 saturated carbocycles. The van der Waals surface area contributed by atoms with Crippen LogP contribution in [0.25, 0.3) is 10.2 Å². The number of hydrogen-bond donors (Lipinski definition) is 2. The third-order valence-electron chi connectivity index (χ3n) is 4.59. The molecule has 0 aliphatic carbocycles. The van der Waals surface area contributed by atoms with Crippen LogP contribution in [-0.2, 0) is 13.0 Å².